The van der Waals surface area contributed by atoms with Gasteiger partial charge in [0.25, 0.3) is 0 Å². The van der Waals surface area contributed by atoms with E-state index in [0.717, 1.165) is 32.5 Å². The summed E-state index contributed by atoms with van der Waals surface area (Å²) in [6.45, 7) is 5.14. The van der Waals surface area contributed by atoms with Gasteiger partial charge in [0.05, 0.1) is 0 Å². The van der Waals surface area contributed by atoms with Crippen molar-refractivity contribution in [3.8, 4) is 0 Å². The molecule has 1 saturated carbocycles. The molecule has 0 radical (unpaired) electrons. The summed E-state index contributed by atoms with van der Waals surface area (Å²) >= 11 is 0. The van der Waals surface area contributed by atoms with Gasteiger partial charge in [0.2, 0.25) is 5.91 Å². The highest BCUT2D eigenvalue weighted by molar-refractivity contribution is 5.80. The predicted octanol–water partition coefficient (Wildman–Crippen LogP) is 0.949. The largest absolute Gasteiger partial charge is 0.337 e. The van der Waals surface area contributed by atoms with Crippen LogP contribution in [0.3, 0.4) is 0 Å². The molecule has 2 aliphatic rings. The summed E-state index contributed by atoms with van der Waals surface area (Å²) in [7, 11) is 2.13. The van der Waals surface area contributed by atoms with Gasteiger partial charge < -0.3 is 9.80 Å². The van der Waals surface area contributed by atoms with Crippen molar-refractivity contribution in [3.63, 3.8) is 0 Å². The number of hydrogen-bond acceptors (Lipinski definition) is 2. The van der Waals surface area contributed by atoms with E-state index in [1.54, 1.807) is 0 Å². The van der Waals surface area contributed by atoms with Crippen LogP contribution in [0.5, 0.6) is 0 Å². The first-order valence-electron chi connectivity index (χ1n) is 5.67. The molecule has 0 aromatic heterocycles. The Morgan fingerprint density at radius 3 is 2.50 bits per heavy atom. The maximum absolute atomic E-state index is 12.0. The summed E-state index contributed by atoms with van der Waals surface area (Å²) in [6, 6.07) is 0.404. The Morgan fingerprint density at radius 2 is 2.00 bits per heavy atom. The van der Waals surface area contributed by atoms with Gasteiger partial charge in [-0.25, -0.2) is 0 Å². The van der Waals surface area contributed by atoms with Gasteiger partial charge in [-0.15, -0.1) is 0 Å². The Balaban J connectivity index is 1.92. The van der Waals surface area contributed by atoms with E-state index in [-0.39, 0.29) is 0 Å². The van der Waals surface area contributed by atoms with Gasteiger partial charge in [0.15, 0.2) is 0 Å². The number of amides is 1. The fourth-order valence-corrected chi connectivity index (χ4v) is 2.36. The quantitative estimate of drug-likeness (QED) is 0.623. The van der Waals surface area contributed by atoms with Gasteiger partial charge in [-0.3, -0.25) is 4.79 Å². The summed E-state index contributed by atoms with van der Waals surface area (Å²) in [4.78, 5) is 16.4. The van der Waals surface area contributed by atoms with Crippen LogP contribution >= 0.6 is 0 Å². The molecule has 1 aliphatic carbocycles. The highest BCUT2D eigenvalue weighted by Crippen LogP contribution is 2.29. The molecule has 1 aliphatic heterocycles. The number of hydrogen-bond donors (Lipinski definition) is 0. The standard InChI is InChI=1S/C11H20N2O/c1-9-8-12(2)6-7-13(9)11(14)10-4-3-5-10/h9-10H,3-8H2,1-2H3. The Morgan fingerprint density at radius 1 is 1.29 bits per heavy atom. The minimum atomic E-state index is 0.362. The molecule has 80 valence electrons. The van der Waals surface area contributed by atoms with Crippen molar-refractivity contribution in [1.82, 2.24) is 9.80 Å². The second-order valence-electron chi connectivity index (χ2n) is 4.77. The Hall–Kier alpha value is -0.570. The zero-order valence-corrected chi connectivity index (χ0v) is 9.20. The average molecular weight is 196 g/mol. The number of carbonyl (C=O) groups excluding carboxylic acids is 1. The highest BCUT2D eigenvalue weighted by atomic mass is 16.2. The molecule has 1 amide bonds. The van der Waals surface area contributed by atoms with Crippen LogP contribution in [0.25, 0.3) is 0 Å². The van der Waals surface area contributed by atoms with Crippen molar-refractivity contribution in [1.29, 1.82) is 0 Å². The van der Waals surface area contributed by atoms with E-state index >= 15 is 0 Å². The second-order valence-corrected chi connectivity index (χ2v) is 4.77. The molecular weight excluding hydrogens is 176 g/mol. The van der Waals surface area contributed by atoms with Gasteiger partial charge in [-0.05, 0) is 26.8 Å². The first kappa shape index (κ1) is 9.97. The van der Waals surface area contributed by atoms with Crippen molar-refractivity contribution < 1.29 is 4.79 Å². The third-order valence-electron chi connectivity index (χ3n) is 3.57. The highest BCUT2D eigenvalue weighted by Gasteiger charge is 2.33. The number of piperazine rings is 1. The molecule has 14 heavy (non-hydrogen) atoms. The SMILES string of the molecule is CC1CN(C)CCN1C(=O)C1CCC1. The van der Waals surface area contributed by atoms with E-state index in [2.05, 4.69) is 23.8 Å². The minimum absolute atomic E-state index is 0.362. The molecule has 2 rings (SSSR count). The van der Waals surface area contributed by atoms with Gasteiger partial charge in [-0.1, -0.05) is 6.42 Å². The molecular formula is C11H20N2O. The molecule has 0 aromatic rings. The Kier molecular flexibility index (Phi) is 2.77. The van der Waals surface area contributed by atoms with Crippen molar-refractivity contribution in [2.24, 2.45) is 5.92 Å². The number of likely N-dealkylation sites (N-methyl/N-ethyl adjacent to an activating group) is 1. The topological polar surface area (TPSA) is 23.6 Å². The summed E-state index contributed by atoms with van der Waals surface area (Å²) in [5.74, 6) is 0.776. The monoisotopic (exact) mass is 196 g/mol. The molecule has 1 unspecified atom stereocenters. The maximum Gasteiger partial charge on any atom is 0.226 e. The third-order valence-corrected chi connectivity index (χ3v) is 3.57. The molecule has 3 nitrogen and oxygen atoms in total. The van der Waals surface area contributed by atoms with Crippen molar-refractivity contribution in [2.45, 2.75) is 32.2 Å². The van der Waals surface area contributed by atoms with E-state index in [9.17, 15) is 4.79 Å². The van der Waals surface area contributed by atoms with Crippen LogP contribution in [0.4, 0.5) is 0 Å². The van der Waals surface area contributed by atoms with Crippen LogP contribution < -0.4 is 0 Å². The van der Waals surface area contributed by atoms with E-state index in [4.69, 9.17) is 0 Å². The number of rotatable bonds is 1. The van der Waals surface area contributed by atoms with E-state index in [0.29, 0.717) is 17.9 Å². The summed E-state index contributed by atoms with van der Waals surface area (Å²) in [6.07, 6.45) is 3.49. The summed E-state index contributed by atoms with van der Waals surface area (Å²) in [5, 5.41) is 0. The first-order chi connectivity index (χ1) is 6.68. The van der Waals surface area contributed by atoms with Gasteiger partial charge in [0, 0.05) is 31.6 Å². The van der Waals surface area contributed by atoms with Gasteiger partial charge >= 0.3 is 0 Å². The summed E-state index contributed by atoms with van der Waals surface area (Å²) in [5.41, 5.74) is 0. The molecule has 0 bridgehead atoms. The maximum atomic E-state index is 12.0. The zero-order chi connectivity index (χ0) is 10.1. The van der Waals surface area contributed by atoms with Gasteiger partial charge in [0.1, 0.15) is 0 Å². The molecule has 1 saturated heterocycles. The lowest BCUT2D eigenvalue weighted by atomic mass is 9.84. The zero-order valence-electron chi connectivity index (χ0n) is 9.20. The molecule has 3 heteroatoms. The van der Waals surface area contributed by atoms with E-state index in [1.165, 1.54) is 6.42 Å². The van der Waals surface area contributed by atoms with Gasteiger partial charge in [-0.2, -0.15) is 0 Å². The predicted molar refractivity (Wildman–Crippen MR) is 56.0 cm³/mol. The average Bonchev–Trinajstić information content (AvgIpc) is 2.00. The third kappa shape index (κ3) is 1.78. The molecule has 2 fully saturated rings. The Bertz CT molecular complexity index is 225. The lowest BCUT2D eigenvalue weighted by molar-refractivity contribution is -0.142. The van der Waals surface area contributed by atoms with Crippen LogP contribution in [0.15, 0.2) is 0 Å². The fourth-order valence-electron chi connectivity index (χ4n) is 2.36. The lowest BCUT2D eigenvalue weighted by Crippen LogP contribution is -2.54. The number of carbonyl (C=O) groups is 1. The molecule has 1 atom stereocenters. The fraction of sp³-hybridized carbons (Fsp3) is 0.909. The minimum Gasteiger partial charge on any atom is -0.337 e. The van der Waals surface area contributed by atoms with E-state index < -0.39 is 0 Å². The van der Waals surface area contributed by atoms with Crippen LogP contribution in [0.1, 0.15) is 26.2 Å². The van der Waals surface area contributed by atoms with Crippen LogP contribution in [0, 0.1) is 5.92 Å². The van der Waals surface area contributed by atoms with Crippen molar-refractivity contribution in [3.05, 3.63) is 0 Å². The van der Waals surface area contributed by atoms with Crippen molar-refractivity contribution >= 4 is 5.91 Å². The molecule has 0 aromatic carbocycles. The normalized spacial score (nSPS) is 30.1. The van der Waals surface area contributed by atoms with Crippen molar-refractivity contribution in [2.75, 3.05) is 26.7 Å². The number of nitrogens with zero attached hydrogens (tertiary/aromatic N) is 2. The van der Waals surface area contributed by atoms with Crippen LogP contribution in [0.2, 0.25) is 0 Å². The van der Waals surface area contributed by atoms with E-state index in [1.807, 2.05) is 0 Å². The second kappa shape index (κ2) is 3.89. The summed E-state index contributed by atoms with van der Waals surface area (Å²) < 4.78 is 0. The lowest BCUT2D eigenvalue weighted by Gasteiger charge is -2.41. The molecule has 0 spiro atoms. The van der Waals surface area contributed by atoms with Crippen LogP contribution in [-0.4, -0.2) is 48.4 Å². The smallest absolute Gasteiger partial charge is 0.226 e. The van der Waals surface area contributed by atoms with Crippen LogP contribution in [-0.2, 0) is 4.79 Å². The Labute approximate surface area is 86.1 Å². The first-order valence-corrected chi connectivity index (χ1v) is 5.67. The molecule has 0 N–H and O–H groups in total. The molecule has 1 heterocycles.